The Hall–Kier alpha value is -1.63. The van der Waals surface area contributed by atoms with Crippen molar-refractivity contribution in [2.75, 3.05) is 38.2 Å². The van der Waals surface area contributed by atoms with Crippen LogP contribution in [-0.4, -0.2) is 61.0 Å². The van der Waals surface area contributed by atoms with Gasteiger partial charge in [0.1, 0.15) is 5.76 Å². The molecule has 0 spiro atoms. The van der Waals surface area contributed by atoms with E-state index in [0.717, 1.165) is 69.3 Å². The number of nitrogens with zero attached hydrogens (tertiary/aromatic N) is 2. The maximum atomic E-state index is 12.6. The van der Waals surface area contributed by atoms with Crippen LogP contribution in [0.25, 0.3) is 0 Å². The number of rotatable bonds is 8. The van der Waals surface area contributed by atoms with Crippen LogP contribution >= 0.6 is 11.8 Å². The fraction of sp³-hybridized carbons (Fsp3) is 0.700. The number of hydrogen-bond acceptors (Lipinski definition) is 4. The first-order valence-corrected chi connectivity index (χ1v) is 11.5. The number of hydrogen-bond donors (Lipinski definition) is 2. The molecular weight excluding hydrogens is 360 g/mol. The molecule has 1 atom stereocenters. The number of guanidine groups is 1. The lowest BCUT2D eigenvalue weighted by Crippen LogP contribution is -2.46. The Labute approximate surface area is 166 Å². The van der Waals surface area contributed by atoms with Crippen molar-refractivity contribution < 1.29 is 9.21 Å². The summed E-state index contributed by atoms with van der Waals surface area (Å²) in [6.45, 7) is 3.21. The van der Waals surface area contributed by atoms with Crippen LogP contribution < -0.4 is 10.6 Å². The van der Waals surface area contributed by atoms with Gasteiger partial charge in [0.15, 0.2) is 5.96 Å². The van der Waals surface area contributed by atoms with Gasteiger partial charge in [-0.05, 0) is 37.7 Å². The van der Waals surface area contributed by atoms with E-state index in [4.69, 9.17) is 4.42 Å². The lowest BCUT2D eigenvalue weighted by Gasteiger charge is -2.21. The van der Waals surface area contributed by atoms with Crippen LogP contribution in [0.3, 0.4) is 0 Å². The highest BCUT2D eigenvalue weighted by atomic mass is 32.2. The first-order chi connectivity index (χ1) is 13.3. The lowest BCUT2D eigenvalue weighted by molar-refractivity contribution is -0.134. The van der Waals surface area contributed by atoms with Crippen molar-refractivity contribution in [3.05, 3.63) is 24.2 Å². The minimum absolute atomic E-state index is 0.268. The second-order valence-corrected chi connectivity index (χ2v) is 8.36. The second kappa shape index (κ2) is 10.6. The lowest BCUT2D eigenvalue weighted by atomic mass is 10.1. The molecule has 1 unspecified atom stereocenters. The summed E-state index contributed by atoms with van der Waals surface area (Å²) in [7, 11) is 0. The van der Waals surface area contributed by atoms with Crippen LogP contribution in [0.15, 0.2) is 27.8 Å². The topological polar surface area (TPSA) is 69.9 Å². The Kier molecular flexibility index (Phi) is 7.93. The van der Waals surface area contributed by atoms with E-state index in [1.54, 1.807) is 18.0 Å². The maximum Gasteiger partial charge on any atom is 0.225 e. The minimum atomic E-state index is 0.268. The highest BCUT2D eigenvalue weighted by Crippen LogP contribution is 2.27. The van der Waals surface area contributed by atoms with Crippen LogP contribution in [0, 0.1) is 5.92 Å². The third kappa shape index (κ3) is 6.19. The zero-order valence-electron chi connectivity index (χ0n) is 16.3. The fourth-order valence-corrected chi connectivity index (χ4v) is 4.14. The van der Waals surface area contributed by atoms with Crippen LogP contribution in [0.2, 0.25) is 0 Å². The third-order valence-electron chi connectivity index (χ3n) is 5.35. The molecule has 1 aromatic heterocycles. The van der Waals surface area contributed by atoms with Gasteiger partial charge in [-0.2, -0.15) is 11.8 Å². The summed E-state index contributed by atoms with van der Waals surface area (Å²) in [6, 6.07) is 4.18. The highest BCUT2D eigenvalue weighted by Gasteiger charge is 2.32. The zero-order chi connectivity index (χ0) is 18.9. The molecule has 0 radical (unpaired) electrons. The SMILES string of the molecule is CSCCN=C(NCCc1ccco1)NC1CCN(C(=O)C2CCCC2)C1. The zero-order valence-corrected chi connectivity index (χ0v) is 17.1. The van der Waals surface area contributed by atoms with Crippen molar-refractivity contribution in [2.24, 2.45) is 10.9 Å². The van der Waals surface area contributed by atoms with E-state index in [1.165, 1.54) is 12.8 Å². The summed E-state index contributed by atoms with van der Waals surface area (Å²) in [5, 5.41) is 6.94. The predicted molar refractivity (Wildman–Crippen MR) is 111 cm³/mol. The average molecular weight is 393 g/mol. The number of aliphatic imine (C=N–C) groups is 1. The Bertz CT molecular complexity index is 599. The molecular formula is C20H32N4O2S. The first-order valence-electron chi connectivity index (χ1n) is 10.1. The summed E-state index contributed by atoms with van der Waals surface area (Å²) in [5.41, 5.74) is 0. The molecule has 2 aliphatic rings. The molecule has 27 heavy (non-hydrogen) atoms. The molecule has 1 saturated heterocycles. The standard InChI is InChI=1S/C20H32N4O2S/c1-27-14-11-22-20(21-10-8-18-7-4-13-26-18)23-17-9-12-24(15-17)19(25)16-5-2-3-6-16/h4,7,13,16-17H,2-3,5-6,8-12,14-15H2,1H3,(H2,21,22,23). The van der Waals surface area contributed by atoms with Gasteiger partial charge in [-0.3, -0.25) is 9.79 Å². The van der Waals surface area contributed by atoms with Crippen molar-refractivity contribution in [1.29, 1.82) is 0 Å². The van der Waals surface area contributed by atoms with Crippen molar-refractivity contribution in [1.82, 2.24) is 15.5 Å². The second-order valence-electron chi connectivity index (χ2n) is 7.37. The molecule has 1 saturated carbocycles. The summed E-state index contributed by atoms with van der Waals surface area (Å²) >= 11 is 1.80. The number of amides is 1. The Morgan fingerprint density at radius 1 is 1.37 bits per heavy atom. The molecule has 150 valence electrons. The van der Waals surface area contributed by atoms with E-state index in [-0.39, 0.29) is 12.0 Å². The van der Waals surface area contributed by atoms with Crippen LogP contribution in [0.1, 0.15) is 37.9 Å². The molecule has 2 fully saturated rings. The van der Waals surface area contributed by atoms with Gasteiger partial charge in [-0.1, -0.05) is 12.8 Å². The molecule has 2 heterocycles. The summed E-state index contributed by atoms with van der Waals surface area (Å²) < 4.78 is 5.39. The molecule has 3 rings (SSSR count). The molecule has 0 aromatic carbocycles. The molecule has 1 aliphatic heterocycles. The van der Waals surface area contributed by atoms with Crippen LogP contribution in [0.5, 0.6) is 0 Å². The molecule has 1 aliphatic carbocycles. The Morgan fingerprint density at radius 3 is 2.96 bits per heavy atom. The van der Waals surface area contributed by atoms with Crippen molar-refractivity contribution in [2.45, 2.75) is 44.6 Å². The monoisotopic (exact) mass is 392 g/mol. The normalized spacial score (nSPS) is 21.0. The first kappa shape index (κ1) is 20.1. The minimum Gasteiger partial charge on any atom is -0.469 e. The predicted octanol–water partition coefficient (Wildman–Crippen LogP) is 2.51. The van der Waals surface area contributed by atoms with Gasteiger partial charge in [0.2, 0.25) is 5.91 Å². The van der Waals surface area contributed by atoms with Gasteiger partial charge in [-0.25, -0.2) is 0 Å². The molecule has 1 aromatic rings. The van der Waals surface area contributed by atoms with E-state index >= 15 is 0 Å². The van der Waals surface area contributed by atoms with Crippen LogP contribution in [-0.2, 0) is 11.2 Å². The molecule has 6 nitrogen and oxygen atoms in total. The maximum absolute atomic E-state index is 12.6. The van der Waals surface area contributed by atoms with Crippen molar-refractivity contribution in [3.8, 4) is 0 Å². The van der Waals surface area contributed by atoms with Gasteiger partial charge in [0.25, 0.3) is 0 Å². The van der Waals surface area contributed by atoms with Crippen LogP contribution in [0.4, 0.5) is 0 Å². The smallest absolute Gasteiger partial charge is 0.225 e. The number of nitrogens with one attached hydrogen (secondary N) is 2. The number of likely N-dealkylation sites (tertiary alicyclic amines) is 1. The highest BCUT2D eigenvalue weighted by molar-refractivity contribution is 7.98. The van der Waals surface area contributed by atoms with Gasteiger partial charge < -0.3 is 20.0 Å². The fourth-order valence-electron chi connectivity index (χ4n) is 3.86. The van der Waals surface area contributed by atoms with Gasteiger partial charge in [0, 0.05) is 43.8 Å². The van der Waals surface area contributed by atoms with E-state index in [9.17, 15) is 4.79 Å². The van der Waals surface area contributed by atoms with E-state index in [0.29, 0.717) is 5.91 Å². The molecule has 1 amide bonds. The molecule has 7 heteroatoms. The van der Waals surface area contributed by atoms with Gasteiger partial charge >= 0.3 is 0 Å². The molecule has 2 N–H and O–H groups in total. The van der Waals surface area contributed by atoms with Crippen molar-refractivity contribution >= 4 is 23.6 Å². The van der Waals surface area contributed by atoms with Crippen molar-refractivity contribution in [3.63, 3.8) is 0 Å². The summed E-state index contributed by atoms with van der Waals surface area (Å²) in [6.07, 6.45) is 10.2. The van der Waals surface area contributed by atoms with Gasteiger partial charge in [0.05, 0.1) is 12.8 Å². The number of furan rings is 1. The quantitative estimate of drug-likeness (QED) is 0.404. The van der Waals surface area contributed by atoms with Gasteiger partial charge in [-0.15, -0.1) is 0 Å². The van der Waals surface area contributed by atoms with E-state index in [1.807, 2.05) is 12.1 Å². The Balaban J connectivity index is 1.47. The average Bonchev–Trinajstić information content (AvgIpc) is 3.43. The largest absolute Gasteiger partial charge is 0.469 e. The number of thioether (sulfide) groups is 1. The summed E-state index contributed by atoms with van der Waals surface area (Å²) in [5.74, 6) is 3.45. The summed E-state index contributed by atoms with van der Waals surface area (Å²) in [4.78, 5) is 19.4. The molecule has 0 bridgehead atoms. The van der Waals surface area contributed by atoms with E-state index < -0.39 is 0 Å². The number of carbonyl (C=O) groups is 1. The third-order valence-corrected chi connectivity index (χ3v) is 5.95. The van der Waals surface area contributed by atoms with E-state index in [2.05, 4.69) is 26.8 Å². The number of carbonyl (C=O) groups excluding carboxylic acids is 1. The Morgan fingerprint density at radius 2 is 2.22 bits per heavy atom.